The number of furan rings is 1. The summed E-state index contributed by atoms with van der Waals surface area (Å²) in [4.78, 5) is 2.20. The van der Waals surface area contributed by atoms with Crippen LogP contribution in [0.5, 0.6) is 0 Å². The van der Waals surface area contributed by atoms with E-state index in [1.807, 2.05) is 24.3 Å². The molecule has 3 heteroatoms. The highest BCUT2D eigenvalue weighted by molar-refractivity contribution is 5.46. The van der Waals surface area contributed by atoms with Gasteiger partial charge >= 0.3 is 0 Å². The molecule has 0 unspecified atom stereocenters. The third-order valence-corrected chi connectivity index (χ3v) is 2.53. The van der Waals surface area contributed by atoms with Gasteiger partial charge in [0.05, 0.1) is 12.5 Å². The van der Waals surface area contributed by atoms with Gasteiger partial charge in [0.25, 0.3) is 0 Å². The highest BCUT2D eigenvalue weighted by Crippen LogP contribution is 2.14. The standard InChI is InChI=1S/C13H16N2O/c1-15(8-11-6-7-16-10-11)9-12-4-2-3-5-13(12)14/h2-7,10H,8-9,14H2,1H3. The van der Waals surface area contributed by atoms with Crippen molar-refractivity contribution in [1.82, 2.24) is 4.90 Å². The smallest absolute Gasteiger partial charge is 0.0947 e. The van der Waals surface area contributed by atoms with E-state index in [2.05, 4.69) is 18.0 Å². The second-order valence-corrected chi connectivity index (χ2v) is 4.00. The van der Waals surface area contributed by atoms with Crippen LogP contribution in [0.2, 0.25) is 0 Å². The van der Waals surface area contributed by atoms with Gasteiger partial charge in [-0.3, -0.25) is 4.90 Å². The van der Waals surface area contributed by atoms with Gasteiger partial charge in [0.15, 0.2) is 0 Å². The number of rotatable bonds is 4. The molecule has 0 saturated carbocycles. The number of benzene rings is 1. The van der Waals surface area contributed by atoms with Gasteiger partial charge in [0.1, 0.15) is 0 Å². The Balaban J connectivity index is 1.97. The molecule has 0 spiro atoms. The van der Waals surface area contributed by atoms with Gasteiger partial charge < -0.3 is 10.2 Å². The van der Waals surface area contributed by atoms with Crippen molar-refractivity contribution in [2.45, 2.75) is 13.1 Å². The molecule has 16 heavy (non-hydrogen) atoms. The highest BCUT2D eigenvalue weighted by Gasteiger charge is 2.04. The van der Waals surface area contributed by atoms with Crippen molar-refractivity contribution >= 4 is 5.69 Å². The summed E-state index contributed by atoms with van der Waals surface area (Å²) >= 11 is 0. The van der Waals surface area contributed by atoms with Crippen LogP contribution in [0.3, 0.4) is 0 Å². The van der Waals surface area contributed by atoms with E-state index in [0.29, 0.717) is 0 Å². The Morgan fingerprint density at radius 3 is 2.69 bits per heavy atom. The fourth-order valence-corrected chi connectivity index (χ4v) is 1.72. The van der Waals surface area contributed by atoms with E-state index in [4.69, 9.17) is 10.2 Å². The third kappa shape index (κ3) is 2.64. The monoisotopic (exact) mass is 216 g/mol. The SMILES string of the molecule is CN(Cc1ccoc1)Cc1ccccc1N. The summed E-state index contributed by atoms with van der Waals surface area (Å²) < 4.78 is 5.04. The van der Waals surface area contributed by atoms with Gasteiger partial charge in [-0.15, -0.1) is 0 Å². The molecule has 0 atom stereocenters. The van der Waals surface area contributed by atoms with Crippen molar-refractivity contribution in [1.29, 1.82) is 0 Å². The van der Waals surface area contributed by atoms with E-state index in [9.17, 15) is 0 Å². The zero-order chi connectivity index (χ0) is 11.4. The maximum absolute atomic E-state index is 5.90. The van der Waals surface area contributed by atoms with E-state index >= 15 is 0 Å². The van der Waals surface area contributed by atoms with E-state index in [-0.39, 0.29) is 0 Å². The quantitative estimate of drug-likeness (QED) is 0.798. The van der Waals surface area contributed by atoms with E-state index < -0.39 is 0 Å². The molecule has 1 aromatic heterocycles. The van der Waals surface area contributed by atoms with Crippen molar-refractivity contribution in [2.24, 2.45) is 0 Å². The molecule has 2 rings (SSSR count). The molecule has 2 aromatic rings. The Morgan fingerprint density at radius 1 is 1.19 bits per heavy atom. The lowest BCUT2D eigenvalue weighted by atomic mass is 10.1. The molecule has 0 aliphatic carbocycles. The molecule has 0 aliphatic heterocycles. The number of para-hydroxylation sites is 1. The molecule has 3 nitrogen and oxygen atoms in total. The first-order valence-corrected chi connectivity index (χ1v) is 5.28. The molecule has 0 amide bonds. The molecule has 0 bridgehead atoms. The second kappa shape index (κ2) is 4.86. The molecular weight excluding hydrogens is 200 g/mol. The fourth-order valence-electron chi connectivity index (χ4n) is 1.72. The zero-order valence-corrected chi connectivity index (χ0v) is 9.39. The van der Waals surface area contributed by atoms with Gasteiger partial charge in [0.2, 0.25) is 0 Å². The Kier molecular flexibility index (Phi) is 3.27. The predicted octanol–water partition coefficient (Wildman–Crippen LogP) is 2.49. The fraction of sp³-hybridized carbons (Fsp3) is 0.231. The molecule has 0 fully saturated rings. The largest absolute Gasteiger partial charge is 0.472 e. The average molecular weight is 216 g/mol. The van der Waals surface area contributed by atoms with Gasteiger partial charge in [-0.05, 0) is 24.7 Å². The zero-order valence-electron chi connectivity index (χ0n) is 9.39. The lowest BCUT2D eigenvalue weighted by Crippen LogP contribution is -2.17. The van der Waals surface area contributed by atoms with Crippen molar-refractivity contribution in [3.05, 3.63) is 54.0 Å². The third-order valence-electron chi connectivity index (χ3n) is 2.53. The number of hydrogen-bond acceptors (Lipinski definition) is 3. The van der Waals surface area contributed by atoms with Crippen molar-refractivity contribution in [3.63, 3.8) is 0 Å². The van der Waals surface area contributed by atoms with Gasteiger partial charge in [-0.25, -0.2) is 0 Å². The summed E-state index contributed by atoms with van der Waals surface area (Å²) in [5.41, 5.74) is 9.08. The Bertz CT molecular complexity index is 437. The van der Waals surface area contributed by atoms with Crippen LogP contribution in [0.15, 0.2) is 47.3 Å². The maximum atomic E-state index is 5.90. The normalized spacial score (nSPS) is 10.9. The van der Waals surface area contributed by atoms with Crippen LogP contribution in [0.1, 0.15) is 11.1 Å². The molecule has 0 radical (unpaired) electrons. The van der Waals surface area contributed by atoms with Crippen LogP contribution in [0, 0.1) is 0 Å². The minimum absolute atomic E-state index is 0.845. The lowest BCUT2D eigenvalue weighted by Gasteiger charge is -2.16. The van der Waals surface area contributed by atoms with Crippen LogP contribution in [-0.2, 0) is 13.1 Å². The second-order valence-electron chi connectivity index (χ2n) is 4.00. The van der Waals surface area contributed by atoms with Crippen LogP contribution >= 0.6 is 0 Å². The number of hydrogen-bond donors (Lipinski definition) is 1. The van der Waals surface area contributed by atoms with Crippen molar-refractivity contribution in [2.75, 3.05) is 12.8 Å². The highest BCUT2D eigenvalue weighted by atomic mass is 16.3. The molecule has 2 N–H and O–H groups in total. The minimum atomic E-state index is 0.845. The van der Waals surface area contributed by atoms with Crippen LogP contribution in [0.4, 0.5) is 5.69 Å². The summed E-state index contributed by atoms with van der Waals surface area (Å²) in [5, 5.41) is 0. The first-order valence-electron chi connectivity index (χ1n) is 5.28. The van der Waals surface area contributed by atoms with E-state index in [0.717, 1.165) is 24.3 Å². The molecular formula is C13H16N2O. The van der Waals surface area contributed by atoms with E-state index in [1.54, 1.807) is 12.5 Å². The predicted molar refractivity (Wildman–Crippen MR) is 64.7 cm³/mol. The molecule has 0 aliphatic rings. The topological polar surface area (TPSA) is 42.4 Å². The van der Waals surface area contributed by atoms with Crippen molar-refractivity contribution < 1.29 is 4.42 Å². The minimum Gasteiger partial charge on any atom is -0.472 e. The maximum Gasteiger partial charge on any atom is 0.0947 e. The summed E-state index contributed by atoms with van der Waals surface area (Å²) in [6, 6.07) is 9.93. The summed E-state index contributed by atoms with van der Waals surface area (Å²) in [6.45, 7) is 1.71. The first-order chi connectivity index (χ1) is 7.75. The number of nitrogens with two attached hydrogens (primary N) is 1. The molecule has 1 heterocycles. The van der Waals surface area contributed by atoms with Gasteiger partial charge in [-0.2, -0.15) is 0 Å². The first kappa shape index (κ1) is 10.8. The molecule has 1 aromatic carbocycles. The number of anilines is 1. The summed E-state index contributed by atoms with van der Waals surface area (Å²) in [5.74, 6) is 0. The molecule has 0 saturated heterocycles. The Labute approximate surface area is 95.5 Å². The summed E-state index contributed by atoms with van der Waals surface area (Å²) in [6.07, 6.45) is 3.46. The Morgan fingerprint density at radius 2 is 2.00 bits per heavy atom. The Hall–Kier alpha value is -1.74. The van der Waals surface area contributed by atoms with Gasteiger partial charge in [-0.1, -0.05) is 18.2 Å². The summed E-state index contributed by atoms with van der Waals surface area (Å²) in [7, 11) is 2.07. The average Bonchev–Trinajstić information content (AvgIpc) is 2.74. The lowest BCUT2D eigenvalue weighted by molar-refractivity contribution is 0.318. The van der Waals surface area contributed by atoms with Crippen molar-refractivity contribution in [3.8, 4) is 0 Å². The molecule has 84 valence electrons. The number of nitrogen functional groups attached to an aromatic ring is 1. The van der Waals surface area contributed by atoms with Crippen LogP contribution in [0.25, 0.3) is 0 Å². The van der Waals surface area contributed by atoms with E-state index in [1.165, 1.54) is 5.56 Å². The number of nitrogens with zero attached hydrogens (tertiary/aromatic N) is 1. The van der Waals surface area contributed by atoms with Gasteiger partial charge in [0, 0.05) is 24.3 Å². The van der Waals surface area contributed by atoms with Crippen LogP contribution < -0.4 is 5.73 Å². The van der Waals surface area contributed by atoms with Crippen LogP contribution in [-0.4, -0.2) is 11.9 Å².